The summed E-state index contributed by atoms with van der Waals surface area (Å²) in [5.74, 6) is -0.0315. The fourth-order valence-corrected chi connectivity index (χ4v) is 3.94. The zero-order chi connectivity index (χ0) is 18.1. The minimum Gasteiger partial charge on any atom is -0.459 e. The Balaban J connectivity index is 1.38. The second-order valence-electron chi connectivity index (χ2n) is 6.98. The molecule has 1 atom stereocenters. The average Bonchev–Trinajstić information content (AvgIpc) is 3.07. The van der Waals surface area contributed by atoms with Gasteiger partial charge < -0.3 is 20.4 Å². The fourth-order valence-electron chi connectivity index (χ4n) is 3.71. The van der Waals surface area contributed by atoms with Crippen LogP contribution in [0.1, 0.15) is 29.8 Å². The van der Waals surface area contributed by atoms with Crippen LogP contribution in [0.2, 0.25) is 5.02 Å². The molecule has 4 rings (SSSR count). The number of anilines is 2. The number of rotatable bonds is 4. The highest BCUT2D eigenvalue weighted by molar-refractivity contribution is 6.34. The van der Waals surface area contributed by atoms with Crippen molar-refractivity contribution in [1.29, 1.82) is 0 Å². The first-order valence-electron chi connectivity index (χ1n) is 8.73. The summed E-state index contributed by atoms with van der Waals surface area (Å²) in [7, 11) is 0. The van der Waals surface area contributed by atoms with Crippen LogP contribution in [-0.2, 0) is 4.79 Å². The van der Waals surface area contributed by atoms with Gasteiger partial charge in [0.25, 0.3) is 5.91 Å². The Morgan fingerprint density at radius 3 is 2.69 bits per heavy atom. The Labute approximate surface area is 156 Å². The number of hydrogen-bond donors (Lipinski definition) is 3. The molecule has 0 bridgehead atoms. The van der Waals surface area contributed by atoms with E-state index < -0.39 is 0 Å². The maximum Gasteiger partial charge on any atom is 0.291 e. The lowest BCUT2D eigenvalue weighted by atomic mass is 9.92. The molecule has 2 aliphatic rings. The molecule has 2 aromatic rings. The molecule has 7 heteroatoms. The van der Waals surface area contributed by atoms with Gasteiger partial charge in [-0.2, -0.15) is 0 Å². The Morgan fingerprint density at radius 1 is 1.19 bits per heavy atom. The van der Waals surface area contributed by atoms with Crippen LogP contribution in [0.5, 0.6) is 0 Å². The molecule has 2 heterocycles. The van der Waals surface area contributed by atoms with Crippen molar-refractivity contribution in [1.82, 2.24) is 5.32 Å². The van der Waals surface area contributed by atoms with Gasteiger partial charge in [0.05, 0.1) is 17.0 Å². The molecular formula is C19H20ClN3O3. The van der Waals surface area contributed by atoms with Gasteiger partial charge in [-0.3, -0.25) is 9.59 Å². The van der Waals surface area contributed by atoms with E-state index in [4.69, 9.17) is 16.0 Å². The molecule has 3 N–H and O–H groups in total. The summed E-state index contributed by atoms with van der Waals surface area (Å²) in [6.45, 7) is 1.97. The topological polar surface area (TPSA) is 83.4 Å². The van der Waals surface area contributed by atoms with Crippen LogP contribution in [0.3, 0.4) is 0 Å². The average molecular weight is 374 g/mol. The Bertz CT molecular complexity index is 829. The smallest absolute Gasteiger partial charge is 0.291 e. The van der Waals surface area contributed by atoms with Crippen molar-refractivity contribution in [2.45, 2.75) is 19.3 Å². The molecule has 1 aromatic carbocycles. The van der Waals surface area contributed by atoms with Gasteiger partial charge in [0, 0.05) is 11.6 Å². The molecule has 1 aliphatic carbocycles. The van der Waals surface area contributed by atoms with E-state index in [0.29, 0.717) is 16.4 Å². The third kappa shape index (κ3) is 3.34. The first-order valence-corrected chi connectivity index (χ1v) is 9.11. The fraction of sp³-hybridized carbons (Fsp3) is 0.368. The van der Waals surface area contributed by atoms with E-state index >= 15 is 0 Å². The van der Waals surface area contributed by atoms with Crippen LogP contribution < -0.4 is 16.0 Å². The van der Waals surface area contributed by atoms with E-state index in [2.05, 4.69) is 16.0 Å². The molecule has 1 spiro atoms. The second kappa shape index (κ2) is 6.78. The molecule has 6 nitrogen and oxygen atoms in total. The van der Waals surface area contributed by atoms with Gasteiger partial charge in [-0.25, -0.2) is 0 Å². The van der Waals surface area contributed by atoms with E-state index in [1.165, 1.54) is 6.26 Å². The molecule has 2 fully saturated rings. The highest BCUT2D eigenvalue weighted by Crippen LogP contribution is 2.58. The molecule has 136 valence electrons. The summed E-state index contributed by atoms with van der Waals surface area (Å²) in [6.07, 6.45) is 4.51. The van der Waals surface area contributed by atoms with Crippen molar-refractivity contribution in [2.24, 2.45) is 11.3 Å². The summed E-state index contributed by atoms with van der Waals surface area (Å²) < 4.78 is 5.06. The molecule has 1 saturated heterocycles. The van der Waals surface area contributed by atoms with Crippen LogP contribution in [0, 0.1) is 11.3 Å². The van der Waals surface area contributed by atoms with E-state index in [0.717, 1.165) is 32.4 Å². The molecule has 1 unspecified atom stereocenters. The van der Waals surface area contributed by atoms with Crippen molar-refractivity contribution < 1.29 is 14.0 Å². The quantitative estimate of drug-likeness (QED) is 0.765. The number of halogens is 1. The third-order valence-corrected chi connectivity index (χ3v) is 5.65. The van der Waals surface area contributed by atoms with Gasteiger partial charge in [-0.1, -0.05) is 11.6 Å². The number of nitrogens with one attached hydrogen (secondary N) is 3. The SMILES string of the molecule is O=C(Nc1ccc(NC(=O)C2CC23CCNCC3)cc1Cl)c1ccco1. The van der Waals surface area contributed by atoms with Crippen molar-refractivity contribution in [2.75, 3.05) is 23.7 Å². The van der Waals surface area contributed by atoms with Crippen LogP contribution in [0.4, 0.5) is 11.4 Å². The molecule has 1 aromatic heterocycles. The van der Waals surface area contributed by atoms with Gasteiger partial charge in [-0.15, -0.1) is 0 Å². The third-order valence-electron chi connectivity index (χ3n) is 5.34. The Hall–Kier alpha value is -2.31. The maximum atomic E-state index is 12.5. The lowest BCUT2D eigenvalue weighted by Crippen LogP contribution is -2.31. The lowest BCUT2D eigenvalue weighted by Gasteiger charge is -2.23. The van der Waals surface area contributed by atoms with Gasteiger partial charge in [-0.05, 0) is 68.1 Å². The van der Waals surface area contributed by atoms with Gasteiger partial charge in [0.2, 0.25) is 5.91 Å². The van der Waals surface area contributed by atoms with Crippen molar-refractivity contribution in [3.8, 4) is 0 Å². The number of benzene rings is 1. The Kier molecular flexibility index (Phi) is 4.46. The number of furan rings is 1. The normalized spacial score (nSPS) is 20.6. The van der Waals surface area contributed by atoms with Gasteiger partial charge in [0.1, 0.15) is 0 Å². The molecule has 0 radical (unpaired) electrons. The van der Waals surface area contributed by atoms with Crippen LogP contribution in [-0.4, -0.2) is 24.9 Å². The maximum absolute atomic E-state index is 12.5. The van der Waals surface area contributed by atoms with Crippen LogP contribution in [0.25, 0.3) is 0 Å². The number of hydrogen-bond acceptors (Lipinski definition) is 4. The molecule has 1 saturated carbocycles. The first kappa shape index (κ1) is 17.1. The largest absolute Gasteiger partial charge is 0.459 e. The predicted octanol–water partition coefficient (Wildman–Crippen LogP) is 3.51. The van der Waals surface area contributed by atoms with Crippen LogP contribution in [0.15, 0.2) is 41.0 Å². The van der Waals surface area contributed by atoms with E-state index in [1.54, 1.807) is 30.3 Å². The summed E-state index contributed by atoms with van der Waals surface area (Å²) in [4.78, 5) is 24.5. The highest BCUT2D eigenvalue weighted by atomic mass is 35.5. The lowest BCUT2D eigenvalue weighted by molar-refractivity contribution is -0.118. The van der Waals surface area contributed by atoms with E-state index in [-0.39, 0.29) is 28.9 Å². The predicted molar refractivity (Wildman–Crippen MR) is 99.4 cm³/mol. The van der Waals surface area contributed by atoms with E-state index in [1.807, 2.05) is 0 Å². The summed E-state index contributed by atoms with van der Waals surface area (Å²) in [6, 6.07) is 8.27. The summed E-state index contributed by atoms with van der Waals surface area (Å²) in [5, 5.41) is 9.33. The molecule has 2 amide bonds. The number of carbonyl (C=O) groups is 2. The highest BCUT2D eigenvalue weighted by Gasteiger charge is 2.57. The molecule has 1 aliphatic heterocycles. The van der Waals surface area contributed by atoms with Gasteiger partial charge in [0.15, 0.2) is 5.76 Å². The zero-order valence-corrected chi connectivity index (χ0v) is 14.9. The second-order valence-corrected chi connectivity index (χ2v) is 7.39. The summed E-state index contributed by atoms with van der Waals surface area (Å²) in [5.41, 5.74) is 1.29. The number of carbonyl (C=O) groups excluding carboxylic acids is 2. The minimum absolute atomic E-state index is 0.0512. The summed E-state index contributed by atoms with van der Waals surface area (Å²) >= 11 is 6.25. The van der Waals surface area contributed by atoms with Crippen molar-refractivity contribution >= 4 is 34.8 Å². The standard InChI is InChI=1S/C19H20ClN3O3/c20-14-10-12(3-4-15(14)23-18(25)16-2-1-9-26-16)22-17(24)13-11-19(13)5-7-21-8-6-19/h1-4,9-10,13,21H,5-8,11H2,(H,22,24)(H,23,25). The zero-order valence-electron chi connectivity index (χ0n) is 14.2. The minimum atomic E-state index is -0.375. The van der Waals surface area contributed by atoms with Crippen LogP contribution >= 0.6 is 11.6 Å². The monoisotopic (exact) mass is 373 g/mol. The first-order chi connectivity index (χ1) is 12.6. The van der Waals surface area contributed by atoms with E-state index in [9.17, 15) is 9.59 Å². The van der Waals surface area contributed by atoms with Crippen molar-refractivity contribution in [3.63, 3.8) is 0 Å². The van der Waals surface area contributed by atoms with Gasteiger partial charge >= 0.3 is 0 Å². The number of amides is 2. The molecule has 26 heavy (non-hydrogen) atoms. The van der Waals surface area contributed by atoms with Crippen molar-refractivity contribution in [3.05, 3.63) is 47.4 Å². The Morgan fingerprint density at radius 2 is 2.00 bits per heavy atom. The number of piperidine rings is 1. The molecular weight excluding hydrogens is 354 g/mol.